The number of nitrogens with zero attached hydrogens (tertiary/aromatic N) is 3. The topological polar surface area (TPSA) is 55.0 Å². The summed E-state index contributed by atoms with van der Waals surface area (Å²) in [5.74, 6) is 0.394. The number of para-hydroxylation sites is 1. The zero-order valence-electron chi connectivity index (χ0n) is 10.9. The van der Waals surface area contributed by atoms with E-state index in [1.165, 1.54) is 6.07 Å². The third-order valence-corrected chi connectivity index (χ3v) is 2.84. The molecule has 100 valence electrons. The van der Waals surface area contributed by atoms with Gasteiger partial charge in [0.1, 0.15) is 5.82 Å². The molecule has 0 aliphatic rings. The van der Waals surface area contributed by atoms with E-state index < -0.39 is 0 Å². The summed E-state index contributed by atoms with van der Waals surface area (Å²) < 4.78 is 14.0. The minimum atomic E-state index is -0.274. The first-order valence-electron chi connectivity index (χ1n) is 6.23. The number of rotatable bonds is 5. The van der Waals surface area contributed by atoms with Gasteiger partial charge in [-0.3, -0.25) is 4.98 Å². The number of hydrogen-bond acceptors (Lipinski definition) is 4. The molecule has 19 heavy (non-hydrogen) atoms. The molecule has 1 aromatic carbocycles. The van der Waals surface area contributed by atoms with Crippen molar-refractivity contribution in [3.63, 3.8) is 0 Å². The van der Waals surface area contributed by atoms with Crippen molar-refractivity contribution >= 4 is 11.5 Å². The van der Waals surface area contributed by atoms with Gasteiger partial charge >= 0.3 is 0 Å². The zero-order valence-corrected chi connectivity index (χ0v) is 10.9. The van der Waals surface area contributed by atoms with Crippen molar-refractivity contribution in [2.75, 3.05) is 18.0 Å². The number of aryl methyl sites for hydroxylation is 1. The first-order valence-corrected chi connectivity index (χ1v) is 6.23. The summed E-state index contributed by atoms with van der Waals surface area (Å²) in [4.78, 5) is 10.3. The van der Waals surface area contributed by atoms with E-state index >= 15 is 0 Å². The average molecular weight is 260 g/mol. The zero-order chi connectivity index (χ0) is 13.7. The van der Waals surface area contributed by atoms with Crippen LogP contribution in [0.25, 0.3) is 0 Å². The van der Waals surface area contributed by atoms with Crippen molar-refractivity contribution in [3.05, 3.63) is 48.2 Å². The maximum Gasteiger partial charge on any atom is 0.154 e. The number of aromatic nitrogens is 2. The molecule has 4 nitrogen and oxygen atoms in total. The Balaban J connectivity index is 2.42. The van der Waals surface area contributed by atoms with Crippen molar-refractivity contribution in [1.29, 1.82) is 0 Å². The van der Waals surface area contributed by atoms with Gasteiger partial charge in [-0.25, -0.2) is 9.37 Å². The van der Waals surface area contributed by atoms with E-state index in [-0.39, 0.29) is 5.82 Å². The van der Waals surface area contributed by atoms with Crippen LogP contribution in [0.1, 0.15) is 12.1 Å². The molecule has 0 aliphatic heterocycles. The van der Waals surface area contributed by atoms with E-state index in [2.05, 4.69) is 9.97 Å². The molecular weight excluding hydrogens is 243 g/mol. The van der Waals surface area contributed by atoms with Gasteiger partial charge in [0.2, 0.25) is 0 Å². The van der Waals surface area contributed by atoms with E-state index in [0.29, 0.717) is 24.6 Å². The summed E-state index contributed by atoms with van der Waals surface area (Å²) in [5.41, 5.74) is 6.82. The second kappa shape index (κ2) is 6.24. The van der Waals surface area contributed by atoms with Gasteiger partial charge in [0, 0.05) is 18.9 Å². The number of hydrogen-bond donors (Lipinski definition) is 1. The van der Waals surface area contributed by atoms with Gasteiger partial charge in [-0.2, -0.15) is 0 Å². The maximum absolute atomic E-state index is 14.0. The molecule has 0 fully saturated rings. The van der Waals surface area contributed by atoms with Crippen LogP contribution in [0.4, 0.5) is 15.9 Å². The molecule has 0 bridgehead atoms. The van der Waals surface area contributed by atoms with Gasteiger partial charge < -0.3 is 10.6 Å². The number of halogens is 1. The van der Waals surface area contributed by atoms with Gasteiger partial charge in [-0.15, -0.1) is 0 Å². The minimum absolute atomic E-state index is 0.274. The number of nitrogens with two attached hydrogens (primary N) is 1. The predicted octanol–water partition coefficient (Wildman–Crippen LogP) is 2.41. The lowest BCUT2D eigenvalue weighted by Crippen LogP contribution is -2.24. The second-order valence-corrected chi connectivity index (χ2v) is 4.21. The van der Waals surface area contributed by atoms with Crippen molar-refractivity contribution in [2.24, 2.45) is 5.73 Å². The standard InChI is InChI=1S/C14H17FN4/c1-11-14(18-9-8-17-11)19(10-4-7-16)13-6-3-2-5-12(13)15/h2-3,5-6,8-9H,4,7,10,16H2,1H3. The van der Waals surface area contributed by atoms with Crippen molar-refractivity contribution in [1.82, 2.24) is 9.97 Å². The van der Waals surface area contributed by atoms with Gasteiger partial charge in [0.05, 0.1) is 11.4 Å². The largest absolute Gasteiger partial charge is 0.330 e. The maximum atomic E-state index is 14.0. The quantitative estimate of drug-likeness (QED) is 0.897. The SMILES string of the molecule is Cc1nccnc1N(CCCN)c1ccccc1F. The van der Waals surface area contributed by atoms with Gasteiger partial charge in [0.25, 0.3) is 0 Å². The molecule has 1 heterocycles. The first kappa shape index (κ1) is 13.4. The van der Waals surface area contributed by atoms with Crippen LogP contribution in [0.15, 0.2) is 36.7 Å². The third-order valence-electron chi connectivity index (χ3n) is 2.84. The molecule has 2 aromatic rings. The third kappa shape index (κ3) is 3.06. The molecule has 5 heteroatoms. The van der Waals surface area contributed by atoms with E-state index in [4.69, 9.17) is 5.73 Å². The van der Waals surface area contributed by atoms with Crippen LogP contribution in [0.3, 0.4) is 0 Å². The van der Waals surface area contributed by atoms with E-state index in [1.807, 2.05) is 11.8 Å². The molecule has 0 spiro atoms. The van der Waals surface area contributed by atoms with Crippen molar-refractivity contribution in [3.8, 4) is 0 Å². The van der Waals surface area contributed by atoms with Crippen molar-refractivity contribution < 1.29 is 4.39 Å². The number of benzene rings is 1. The Bertz CT molecular complexity index is 499. The fourth-order valence-electron chi connectivity index (χ4n) is 1.93. The summed E-state index contributed by atoms with van der Waals surface area (Å²) in [5, 5.41) is 0. The Morgan fingerprint density at radius 1 is 1.21 bits per heavy atom. The molecule has 2 N–H and O–H groups in total. The molecule has 0 atom stereocenters. The highest BCUT2D eigenvalue weighted by molar-refractivity contribution is 5.61. The molecule has 0 radical (unpaired) electrons. The van der Waals surface area contributed by atoms with Crippen LogP contribution >= 0.6 is 0 Å². The lowest BCUT2D eigenvalue weighted by molar-refractivity contribution is 0.622. The van der Waals surface area contributed by atoms with Crippen molar-refractivity contribution in [2.45, 2.75) is 13.3 Å². The highest BCUT2D eigenvalue weighted by atomic mass is 19.1. The Labute approximate surface area is 112 Å². The van der Waals surface area contributed by atoms with Gasteiger partial charge in [-0.05, 0) is 32.0 Å². The minimum Gasteiger partial charge on any atom is -0.330 e. The van der Waals surface area contributed by atoms with Crippen LogP contribution in [-0.4, -0.2) is 23.1 Å². The van der Waals surface area contributed by atoms with E-state index in [9.17, 15) is 4.39 Å². The Morgan fingerprint density at radius 2 is 1.95 bits per heavy atom. The van der Waals surface area contributed by atoms with E-state index in [0.717, 1.165) is 12.1 Å². The molecular formula is C14H17FN4. The van der Waals surface area contributed by atoms with Gasteiger partial charge in [-0.1, -0.05) is 12.1 Å². The van der Waals surface area contributed by atoms with Crippen LogP contribution < -0.4 is 10.6 Å². The van der Waals surface area contributed by atoms with Crippen LogP contribution in [-0.2, 0) is 0 Å². The molecule has 0 amide bonds. The van der Waals surface area contributed by atoms with Crippen LogP contribution in [0.2, 0.25) is 0 Å². The molecule has 0 unspecified atom stereocenters. The van der Waals surface area contributed by atoms with Crippen LogP contribution in [0, 0.1) is 12.7 Å². The molecule has 1 aromatic heterocycles. The van der Waals surface area contributed by atoms with Crippen LogP contribution in [0.5, 0.6) is 0 Å². The molecule has 0 aliphatic carbocycles. The lowest BCUT2D eigenvalue weighted by Gasteiger charge is -2.25. The van der Waals surface area contributed by atoms with Gasteiger partial charge in [0.15, 0.2) is 5.82 Å². The second-order valence-electron chi connectivity index (χ2n) is 4.21. The Kier molecular flexibility index (Phi) is 4.41. The molecule has 0 saturated heterocycles. The lowest BCUT2D eigenvalue weighted by atomic mass is 10.2. The fraction of sp³-hybridized carbons (Fsp3) is 0.286. The summed E-state index contributed by atoms with van der Waals surface area (Å²) in [6.07, 6.45) is 3.99. The van der Waals surface area contributed by atoms with E-state index in [1.54, 1.807) is 30.6 Å². The highest BCUT2D eigenvalue weighted by Gasteiger charge is 2.16. The summed E-state index contributed by atoms with van der Waals surface area (Å²) in [6, 6.07) is 6.65. The summed E-state index contributed by atoms with van der Waals surface area (Å²) in [7, 11) is 0. The fourth-order valence-corrected chi connectivity index (χ4v) is 1.93. The predicted molar refractivity (Wildman–Crippen MR) is 73.8 cm³/mol. The monoisotopic (exact) mass is 260 g/mol. The smallest absolute Gasteiger partial charge is 0.154 e. The highest BCUT2D eigenvalue weighted by Crippen LogP contribution is 2.27. The summed E-state index contributed by atoms with van der Waals surface area (Å²) in [6.45, 7) is 3.01. The average Bonchev–Trinajstić information content (AvgIpc) is 2.42. The molecule has 0 saturated carbocycles. The Morgan fingerprint density at radius 3 is 2.63 bits per heavy atom. The Hall–Kier alpha value is -2.01. The summed E-state index contributed by atoms with van der Waals surface area (Å²) >= 11 is 0. The first-order chi connectivity index (χ1) is 9.24. The molecule has 2 rings (SSSR count). The number of anilines is 2. The normalized spacial score (nSPS) is 10.5.